The van der Waals surface area contributed by atoms with Crippen LogP contribution in [0.5, 0.6) is 17.2 Å². The molecule has 3 aromatic rings. The Morgan fingerprint density at radius 1 is 0.966 bits per heavy atom. The van der Waals surface area contributed by atoms with Crippen LogP contribution in [-0.2, 0) is 6.42 Å². The molecule has 3 rings (SSSR count). The third-order valence-corrected chi connectivity index (χ3v) is 5.16. The second-order valence-corrected chi connectivity index (χ2v) is 7.35. The fourth-order valence-electron chi connectivity index (χ4n) is 3.58. The predicted molar refractivity (Wildman–Crippen MR) is 115 cm³/mol. The van der Waals surface area contributed by atoms with Crippen molar-refractivity contribution in [2.45, 2.75) is 51.9 Å². The SMILES string of the molecule is CCCCCCCCc1ccc(-c2oc3cc(O)cc(O)c3c(=O)c2OC)cc1. The van der Waals surface area contributed by atoms with Gasteiger partial charge in [-0.05, 0) is 18.4 Å². The van der Waals surface area contributed by atoms with Crippen LogP contribution in [0.2, 0.25) is 0 Å². The van der Waals surface area contributed by atoms with Gasteiger partial charge in [0, 0.05) is 17.7 Å². The number of aryl methyl sites for hydroxylation is 1. The number of unbranched alkanes of at least 4 members (excludes halogenated alkanes) is 5. The standard InChI is InChI=1S/C24H28O5/c1-3-4-5-6-7-8-9-16-10-12-17(13-11-16)23-24(28-2)22(27)21-19(26)14-18(25)15-20(21)29-23/h10-15,25-26H,3-9H2,1-2H3. The molecule has 29 heavy (non-hydrogen) atoms. The summed E-state index contributed by atoms with van der Waals surface area (Å²) in [5.74, 6) is -0.209. The number of methoxy groups -OCH3 is 1. The van der Waals surface area contributed by atoms with Crippen LogP contribution < -0.4 is 10.2 Å². The summed E-state index contributed by atoms with van der Waals surface area (Å²) in [7, 11) is 1.39. The number of fused-ring (bicyclic) bond motifs is 1. The molecule has 0 aliphatic carbocycles. The minimum Gasteiger partial charge on any atom is -0.508 e. The summed E-state index contributed by atoms with van der Waals surface area (Å²) in [5, 5.41) is 19.7. The fourth-order valence-corrected chi connectivity index (χ4v) is 3.58. The second kappa shape index (κ2) is 9.50. The van der Waals surface area contributed by atoms with Crippen LogP contribution in [0, 0.1) is 0 Å². The molecule has 0 aliphatic rings. The van der Waals surface area contributed by atoms with Crippen LogP contribution in [0.4, 0.5) is 0 Å². The summed E-state index contributed by atoms with van der Waals surface area (Å²) in [4.78, 5) is 12.8. The van der Waals surface area contributed by atoms with E-state index in [2.05, 4.69) is 6.92 Å². The zero-order chi connectivity index (χ0) is 20.8. The Morgan fingerprint density at radius 2 is 1.66 bits per heavy atom. The Balaban J connectivity index is 1.84. The van der Waals surface area contributed by atoms with Gasteiger partial charge in [-0.1, -0.05) is 63.3 Å². The molecule has 1 aromatic heterocycles. The van der Waals surface area contributed by atoms with Crippen molar-refractivity contribution in [3.05, 3.63) is 52.2 Å². The number of hydrogen-bond donors (Lipinski definition) is 2. The zero-order valence-electron chi connectivity index (χ0n) is 17.0. The summed E-state index contributed by atoms with van der Waals surface area (Å²) in [6.45, 7) is 2.22. The van der Waals surface area contributed by atoms with E-state index in [1.54, 1.807) is 0 Å². The van der Waals surface area contributed by atoms with Crippen LogP contribution in [-0.4, -0.2) is 17.3 Å². The highest BCUT2D eigenvalue weighted by atomic mass is 16.5. The lowest BCUT2D eigenvalue weighted by molar-refractivity contribution is 0.397. The molecular formula is C24H28O5. The highest BCUT2D eigenvalue weighted by molar-refractivity contribution is 5.88. The Kier molecular flexibility index (Phi) is 6.81. The van der Waals surface area contributed by atoms with E-state index in [0.29, 0.717) is 5.56 Å². The van der Waals surface area contributed by atoms with Crippen molar-refractivity contribution in [2.24, 2.45) is 0 Å². The molecular weight excluding hydrogens is 368 g/mol. The molecule has 0 unspecified atom stereocenters. The van der Waals surface area contributed by atoms with Crippen LogP contribution in [0.15, 0.2) is 45.6 Å². The van der Waals surface area contributed by atoms with Crippen molar-refractivity contribution in [2.75, 3.05) is 7.11 Å². The zero-order valence-corrected chi connectivity index (χ0v) is 17.0. The van der Waals surface area contributed by atoms with Gasteiger partial charge >= 0.3 is 0 Å². The predicted octanol–water partition coefficient (Wildman–Crippen LogP) is 5.78. The summed E-state index contributed by atoms with van der Waals surface area (Å²) in [6, 6.07) is 10.3. The molecule has 0 spiro atoms. The van der Waals surface area contributed by atoms with Gasteiger partial charge in [0.25, 0.3) is 0 Å². The summed E-state index contributed by atoms with van der Waals surface area (Å²) in [5.41, 5.74) is 1.58. The summed E-state index contributed by atoms with van der Waals surface area (Å²) < 4.78 is 11.1. The topological polar surface area (TPSA) is 79.9 Å². The largest absolute Gasteiger partial charge is 0.508 e. The molecule has 0 amide bonds. The molecule has 0 atom stereocenters. The summed E-state index contributed by atoms with van der Waals surface area (Å²) >= 11 is 0. The number of benzene rings is 2. The van der Waals surface area contributed by atoms with Gasteiger partial charge in [-0.15, -0.1) is 0 Å². The van der Waals surface area contributed by atoms with E-state index in [1.807, 2.05) is 24.3 Å². The molecule has 0 bridgehead atoms. The third kappa shape index (κ3) is 4.73. The molecule has 0 radical (unpaired) electrons. The molecule has 0 aliphatic heterocycles. The molecule has 1 heterocycles. The average molecular weight is 396 g/mol. The number of hydrogen-bond acceptors (Lipinski definition) is 5. The van der Waals surface area contributed by atoms with Gasteiger partial charge < -0.3 is 19.4 Å². The molecule has 2 N–H and O–H groups in total. The number of rotatable bonds is 9. The maximum absolute atomic E-state index is 12.8. The smallest absolute Gasteiger partial charge is 0.239 e. The van der Waals surface area contributed by atoms with E-state index in [-0.39, 0.29) is 34.0 Å². The molecule has 0 saturated heterocycles. The third-order valence-electron chi connectivity index (χ3n) is 5.16. The highest BCUT2D eigenvalue weighted by Crippen LogP contribution is 2.35. The lowest BCUT2D eigenvalue weighted by Gasteiger charge is -2.11. The van der Waals surface area contributed by atoms with Gasteiger partial charge in [0.1, 0.15) is 22.5 Å². The van der Waals surface area contributed by atoms with Crippen LogP contribution in [0.25, 0.3) is 22.3 Å². The van der Waals surface area contributed by atoms with Gasteiger partial charge in [-0.2, -0.15) is 0 Å². The second-order valence-electron chi connectivity index (χ2n) is 7.35. The van der Waals surface area contributed by atoms with Gasteiger partial charge in [0.15, 0.2) is 5.76 Å². The van der Waals surface area contributed by atoms with E-state index in [0.717, 1.165) is 18.9 Å². The first-order valence-corrected chi connectivity index (χ1v) is 10.2. The lowest BCUT2D eigenvalue weighted by Crippen LogP contribution is -2.07. The summed E-state index contributed by atoms with van der Waals surface area (Å²) in [6.07, 6.45) is 8.58. The maximum Gasteiger partial charge on any atom is 0.239 e. The Hall–Kier alpha value is -2.95. The molecule has 154 valence electrons. The quantitative estimate of drug-likeness (QED) is 0.448. The first kappa shape index (κ1) is 20.8. The lowest BCUT2D eigenvalue weighted by atomic mass is 10.0. The first-order valence-electron chi connectivity index (χ1n) is 10.2. The van der Waals surface area contributed by atoms with Crippen molar-refractivity contribution in [3.8, 4) is 28.6 Å². The number of aromatic hydroxyl groups is 2. The molecule has 0 fully saturated rings. The van der Waals surface area contributed by atoms with Gasteiger partial charge in [0.05, 0.1) is 7.11 Å². The number of phenols is 2. The van der Waals surface area contributed by atoms with Gasteiger partial charge in [-0.3, -0.25) is 4.79 Å². The van der Waals surface area contributed by atoms with Crippen molar-refractivity contribution >= 4 is 11.0 Å². The van der Waals surface area contributed by atoms with Gasteiger partial charge in [-0.25, -0.2) is 0 Å². The highest BCUT2D eigenvalue weighted by Gasteiger charge is 2.19. The fraction of sp³-hybridized carbons (Fsp3) is 0.375. The molecule has 2 aromatic carbocycles. The minimum absolute atomic E-state index is 0.0110. The van der Waals surface area contributed by atoms with Crippen molar-refractivity contribution in [1.29, 1.82) is 0 Å². The normalized spacial score (nSPS) is 11.1. The van der Waals surface area contributed by atoms with E-state index in [9.17, 15) is 15.0 Å². The van der Waals surface area contributed by atoms with E-state index in [4.69, 9.17) is 9.15 Å². The maximum atomic E-state index is 12.8. The van der Waals surface area contributed by atoms with Crippen LogP contribution in [0.1, 0.15) is 51.0 Å². The van der Waals surface area contributed by atoms with E-state index in [1.165, 1.54) is 50.8 Å². The van der Waals surface area contributed by atoms with Crippen LogP contribution in [0.3, 0.4) is 0 Å². The van der Waals surface area contributed by atoms with Crippen molar-refractivity contribution < 1.29 is 19.4 Å². The number of ether oxygens (including phenoxy) is 1. The van der Waals surface area contributed by atoms with Crippen molar-refractivity contribution in [3.63, 3.8) is 0 Å². The minimum atomic E-state index is -0.475. The Morgan fingerprint density at radius 3 is 2.34 bits per heavy atom. The molecule has 5 heteroatoms. The Bertz CT molecular complexity index is 1020. The average Bonchev–Trinajstić information content (AvgIpc) is 2.70. The van der Waals surface area contributed by atoms with Crippen molar-refractivity contribution in [1.82, 2.24) is 0 Å². The van der Waals surface area contributed by atoms with Gasteiger partial charge in [0.2, 0.25) is 11.2 Å². The van der Waals surface area contributed by atoms with Crippen LogP contribution >= 0.6 is 0 Å². The monoisotopic (exact) mass is 396 g/mol. The molecule has 5 nitrogen and oxygen atoms in total. The van der Waals surface area contributed by atoms with E-state index < -0.39 is 5.43 Å². The Labute approximate surface area is 170 Å². The number of phenolic OH excluding ortho intramolecular Hbond substituents is 2. The molecule has 0 saturated carbocycles. The van der Waals surface area contributed by atoms with E-state index >= 15 is 0 Å². The first-order chi connectivity index (χ1) is 14.0.